The van der Waals surface area contributed by atoms with Gasteiger partial charge in [0.05, 0.1) is 0 Å². The molecule has 5 nitrogen and oxygen atoms in total. The molecule has 0 spiro atoms. The second-order valence-corrected chi connectivity index (χ2v) is 9.29. The van der Waals surface area contributed by atoms with E-state index in [2.05, 4.69) is 11.0 Å². The Morgan fingerprint density at radius 2 is 1.90 bits per heavy atom. The summed E-state index contributed by atoms with van der Waals surface area (Å²) >= 11 is 5.94. The van der Waals surface area contributed by atoms with Crippen LogP contribution in [0.3, 0.4) is 0 Å². The molecule has 3 aliphatic heterocycles. The Balaban J connectivity index is 1.39. The lowest BCUT2D eigenvalue weighted by Gasteiger charge is -2.43. The fraction of sp³-hybridized carbons (Fsp3) is 0.478. The number of likely N-dealkylation sites (tertiary alicyclic amines) is 2. The minimum atomic E-state index is -0.509. The topological polar surface area (TPSA) is 45.6 Å². The molecule has 0 unspecified atom stereocenters. The normalized spacial score (nSPS) is 23.5. The van der Waals surface area contributed by atoms with Crippen molar-refractivity contribution in [1.29, 1.82) is 0 Å². The molecule has 2 bridgehead atoms. The van der Waals surface area contributed by atoms with Crippen LogP contribution in [0.25, 0.3) is 0 Å². The largest absolute Gasteiger partial charge is 0.338 e. The van der Waals surface area contributed by atoms with E-state index in [4.69, 9.17) is 11.6 Å². The minimum Gasteiger partial charge on any atom is -0.338 e. The molecule has 0 radical (unpaired) electrons. The van der Waals surface area contributed by atoms with E-state index in [-0.39, 0.29) is 33.9 Å². The van der Waals surface area contributed by atoms with Gasteiger partial charge >= 0.3 is 0 Å². The van der Waals surface area contributed by atoms with Crippen molar-refractivity contribution < 1.29 is 9.18 Å². The number of aromatic nitrogens is 1. The zero-order valence-electron chi connectivity index (χ0n) is 16.8. The van der Waals surface area contributed by atoms with Gasteiger partial charge in [0.2, 0.25) is 0 Å². The Morgan fingerprint density at radius 1 is 1.10 bits per heavy atom. The van der Waals surface area contributed by atoms with Crippen molar-refractivity contribution in [3.63, 3.8) is 0 Å². The number of nitrogens with zero attached hydrogens (tertiary/aromatic N) is 3. The third kappa shape index (κ3) is 3.67. The molecule has 30 heavy (non-hydrogen) atoms. The summed E-state index contributed by atoms with van der Waals surface area (Å²) in [4.78, 5) is 30.3. The number of carbonyl (C=O) groups is 1. The van der Waals surface area contributed by atoms with Gasteiger partial charge in [0.15, 0.2) is 0 Å². The zero-order chi connectivity index (χ0) is 20.8. The summed E-state index contributed by atoms with van der Waals surface area (Å²) in [6.07, 6.45) is 3.38. The molecule has 1 amide bonds. The van der Waals surface area contributed by atoms with Crippen molar-refractivity contribution >= 4 is 17.5 Å². The summed E-state index contributed by atoms with van der Waals surface area (Å²) in [5, 5.41) is 0.220. The third-order valence-electron chi connectivity index (χ3n) is 6.67. The van der Waals surface area contributed by atoms with Gasteiger partial charge in [-0.3, -0.25) is 14.5 Å². The fourth-order valence-electron chi connectivity index (χ4n) is 5.32. The number of hydrogen-bond donors (Lipinski definition) is 0. The van der Waals surface area contributed by atoms with Crippen molar-refractivity contribution in [3.05, 3.63) is 68.3 Å². The van der Waals surface area contributed by atoms with Gasteiger partial charge in [-0.2, -0.15) is 0 Å². The molecular weight excluding hydrogens is 405 g/mol. The fourth-order valence-corrected chi connectivity index (χ4v) is 5.54. The van der Waals surface area contributed by atoms with Crippen molar-refractivity contribution in [3.8, 4) is 0 Å². The summed E-state index contributed by atoms with van der Waals surface area (Å²) in [7, 11) is 0. The Labute approximate surface area is 180 Å². The summed E-state index contributed by atoms with van der Waals surface area (Å²) in [6, 6.07) is 7.99. The molecule has 0 saturated carbocycles. The molecule has 0 N–H and O–H groups in total. The van der Waals surface area contributed by atoms with Gasteiger partial charge in [0.1, 0.15) is 5.82 Å². The van der Waals surface area contributed by atoms with Crippen molar-refractivity contribution in [2.75, 3.05) is 26.2 Å². The lowest BCUT2D eigenvalue weighted by Crippen LogP contribution is -2.49. The molecule has 2 aromatic rings. The van der Waals surface area contributed by atoms with Gasteiger partial charge in [-0.25, -0.2) is 4.39 Å². The van der Waals surface area contributed by atoms with Crippen LogP contribution in [0.2, 0.25) is 5.02 Å². The van der Waals surface area contributed by atoms with E-state index in [0.29, 0.717) is 19.6 Å². The van der Waals surface area contributed by atoms with Crippen LogP contribution in [0.4, 0.5) is 4.39 Å². The maximum absolute atomic E-state index is 13.7. The van der Waals surface area contributed by atoms with Crippen LogP contribution in [-0.4, -0.2) is 46.5 Å². The van der Waals surface area contributed by atoms with Gasteiger partial charge in [0, 0.05) is 53.9 Å². The van der Waals surface area contributed by atoms with Crippen LogP contribution >= 0.6 is 11.6 Å². The first kappa shape index (κ1) is 19.8. The molecule has 5 rings (SSSR count). The van der Waals surface area contributed by atoms with Crippen LogP contribution < -0.4 is 5.56 Å². The predicted octanol–water partition coefficient (Wildman–Crippen LogP) is 3.50. The Morgan fingerprint density at radius 3 is 2.67 bits per heavy atom. The highest BCUT2D eigenvalue weighted by Gasteiger charge is 2.37. The molecule has 7 heteroatoms. The number of pyridine rings is 1. The predicted molar refractivity (Wildman–Crippen MR) is 113 cm³/mol. The van der Waals surface area contributed by atoms with E-state index in [9.17, 15) is 14.0 Å². The molecule has 2 atom stereocenters. The number of benzene rings is 1. The van der Waals surface area contributed by atoms with E-state index in [1.54, 1.807) is 4.90 Å². The monoisotopic (exact) mass is 429 g/mol. The molecule has 1 aromatic carbocycles. The lowest BCUT2D eigenvalue weighted by atomic mass is 9.82. The molecule has 2 fully saturated rings. The SMILES string of the molecule is O=C(c1cc(F)cc(Cl)c1)N1C[C@@H]2C[C@H](C1)c1ccc(CN3CCCC3)c(=O)n1C2. The number of hydrogen-bond acceptors (Lipinski definition) is 3. The van der Waals surface area contributed by atoms with E-state index >= 15 is 0 Å². The van der Waals surface area contributed by atoms with Gasteiger partial charge < -0.3 is 9.47 Å². The van der Waals surface area contributed by atoms with Crippen LogP contribution in [0.15, 0.2) is 35.1 Å². The number of rotatable bonds is 3. The quantitative estimate of drug-likeness (QED) is 0.750. The van der Waals surface area contributed by atoms with E-state index in [1.165, 1.54) is 31.0 Å². The Bertz CT molecular complexity index is 1030. The average Bonchev–Trinajstić information content (AvgIpc) is 3.22. The smallest absolute Gasteiger partial charge is 0.255 e. The van der Waals surface area contributed by atoms with Gasteiger partial charge in [-0.05, 0) is 62.5 Å². The Kier molecular flexibility index (Phi) is 5.15. The number of piperidine rings is 1. The lowest BCUT2D eigenvalue weighted by molar-refractivity contribution is 0.0593. The van der Waals surface area contributed by atoms with Gasteiger partial charge in [0.25, 0.3) is 11.5 Å². The van der Waals surface area contributed by atoms with Crippen LogP contribution in [-0.2, 0) is 13.1 Å². The van der Waals surface area contributed by atoms with Crippen LogP contribution in [0.1, 0.15) is 46.8 Å². The highest BCUT2D eigenvalue weighted by Crippen LogP contribution is 2.36. The van der Waals surface area contributed by atoms with E-state index in [1.807, 2.05) is 10.6 Å². The van der Waals surface area contributed by atoms with Gasteiger partial charge in [-0.1, -0.05) is 17.7 Å². The molecular formula is C23H25ClFN3O2. The first-order chi connectivity index (χ1) is 14.5. The van der Waals surface area contributed by atoms with Crippen molar-refractivity contribution in [2.45, 2.75) is 38.3 Å². The molecule has 1 aromatic heterocycles. The zero-order valence-corrected chi connectivity index (χ0v) is 17.6. The maximum Gasteiger partial charge on any atom is 0.255 e. The highest BCUT2D eigenvalue weighted by molar-refractivity contribution is 6.31. The second kappa shape index (κ2) is 7.82. The van der Waals surface area contributed by atoms with Crippen molar-refractivity contribution in [1.82, 2.24) is 14.4 Å². The summed E-state index contributed by atoms with van der Waals surface area (Å²) in [5.74, 6) is -0.360. The average molecular weight is 430 g/mol. The number of amides is 1. The third-order valence-corrected chi connectivity index (χ3v) is 6.89. The number of fused-ring (bicyclic) bond motifs is 4. The van der Waals surface area contributed by atoms with Crippen molar-refractivity contribution in [2.24, 2.45) is 5.92 Å². The summed E-state index contributed by atoms with van der Waals surface area (Å²) in [5.41, 5.74) is 2.27. The maximum atomic E-state index is 13.7. The van der Waals surface area contributed by atoms with Gasteiger partial charge in [-0.15, -0.1) is 0 Å². The summed E-state index contributed by atoms with van der Waals surface area (Å²) < 4.78 is 15.7. The summed E-state index contributed by atoms with van der Waals surface area (Å²) in [6.45, 7) is 4.59. The Hall–Kier alpha value is -2.18. The molecule has 158 valence electrons. The van der Waals surface area contributed by atoms with E-state index < -0.39 is 5.82 Å². The minimum absolute atomic E-state index is 0.116. The highest BCUT2D eigenvalue weighted by atomic mass is 35.5. The molecule has 4 heterocycles. The molecule has 0 aliphatic carbocycles. The number of halogens is 2. The molecule has 3 aliphatic rings. The first-order valence-corrected chi connectivity index (χ1v) is 11.1. The second-order valence-electron chi connectivity index (χ2n) is 8.85. The molecule has 2 saturated heterocycles. The van der Waals surface area contributed by atoms with E-state index in [0.717, 1.165) is 37.3 Å². The standard InChI is InChI=1S/C23H25ClFN3O2/c24-19-8-17(9-20(25)10-19)22(29)27-11-15-7-18(14-27)21-4-3-16(23(30)28(21)12-15)13-26-5-1-2-6-26/h3-4,8-10,15,18H,1-2,5-7,11-14H2/t15-,18+/m0/s1. The van der Waals surface area contributed by atoms with Crippen LogP contribution in [0, 0.1) is 11.7 Å². The first-order valence-electron chi connectivity index (χ1n) is 10.7. The van der Waals surface area contributed by atoms with Crippen LogP contribution in [0.5, 0.6) is 0 Å². The number of carbonyl (C=O) groups excluding carboxylic acids is 1.